The van der Waals surface area contributed by atoms with Crippen LogP contribution in [0.1, 0.15) is 37.8 Å². The number of nitrogens with two attached hydrogens (primary N) is 2. The van der Waals surface area contributed by atoms with Crippen LogP contribution in [0.25, 0.3) is 0 Å². The molecule has 11 nitrogen and oxygen atoms in total. The molecule has 1 unspecified atom stereocenters. The average Bonchev–Trinajstić information content (AvgIpc) is 3.13. The van der Waals surface area contributed by atoms with Crippen LogP contribution < -0.4 is 20.9 Å². The van der Waals surface area contributed by atoms with Crippen LogP contribution in [0.15, 0.2) is 24.3 Å². The van der Waals surface area contributed by atoms with Crippen LogP contribution in [0.2, 0.25) is 0 Å². The Bertz CT molecular complexity index is 1130. The van der Waals surface area contributed by atoms with Gasteiger partial charge in [-0.3, -0.25) is 19.2 Å². The second-order valence-corrected chi connectivity index (χ2v) is 9.70. The zero-order valence-electron chi connectivity index (χ0n) is 20.4. The number of likely N-dealkylation sites (N-methyl/N-ethyl adjacent to an activating group) is 1. The van der Waals surface area contributed by atoms with Gasteiger partial charge >= 0.3 is 17.9 Å². The molecule has 1 amide bonds. The van der Waals surface area contributed by atoms with Crippen molar-refractivity contribution in [2.45, 2.75) is 62.8 Å². The second kappa shape index (κ2) is 9.55. The molecule has 11 heteroatoms. The quantitative estimate of drug-likeness (QED) is 0.289. The molecule has 0 radical (unpaired) electrons. The third-order valence-corrected chi connectivity index (χ3v) is 7.41. The van der Waals surface area contributed by atoms with E-state index in [0.29, 0.717) is 17.5 Å². The van der Waals surface area contributed by atoms with Gasteiger partial charge in [-0.2, -0.15) is 0 Å². The summed E-state index contributed by atoms with van der Waals surface area (Å²) < 4.78 is 17.5. The number of hydrogen-bond donors (Lipinski definition) is 3. The summed E-state index contributed by atoms with van der Waals surface area (Å²) in [5.74, 6) is -1.21. The van der Waals surface area contributed by atoms with Gasteiger partial charge in [-0.15, -0.1) is 0 Å². The van der Waals surface area contributed by atoms with Gasteiger partial charge in [0.1, 0.15) is 12.1 Å². The molecule has 1 fully saturated rings. The standard InChI is InChI=1S/C21H23NO5.C4H8N2O3/c1-11(23)25-16-6-4-13-10-15-14-5-7-17(26-12(2)24)20-21(14,8-9-22(15)3)18(13)19(16)27-20;5-2(4(8)9)1-3(6)7/h4-7,14-15,17,20H,8-10H2,1-3H3;2H,1,5H2,(H2,6,7)(H,8,9)/t14-,15+,17-,20-,21-;/m0./s1. The van der Waals surface area contributed by atoms with Gasteiger partial charge < -0.3 is 35.7 Å². The number of carbonyl (C=O) groups excluding carboxylic acids is 3. The molecule has 0 aromatic heterocycles. The number of carboxylic acid groups (broad SMARTS) is 1. The number of aliphatic carboxylic acids is 1. The van der Waals surface area contributed by atoms with E-state index in [9.17, 15) is 19.2 Å². The maximum Gasteiger partial charge on any atom is 0.321 e. The first-order valence-corrected chi connectivity index (χ1v) is 11.8. The number of esters is 2. The Kier molecular flexibility index (Phi) is 6.80. The Balaban J connectivity index is 0.000000292. The smallest absolute Gasteiger partial charge is 0.321 e. The molecule has 2 heterocycles. The molecule has 2 aliphatic carbocycles. The van der Waals surface area contributed by atoms with E-state index < -0.39 is 24.0 Å². The van der Waals surface area contributed by atoms with Gasteiger partial charge in [0.2, 0.25) is 5.91 Å². The van der Waals surface area contributed by atoms with E-state index in [0.717, 1.165) is 24.9 Å². The molecule has 1 aromatic rings. The van der Waals surface area contributed by atoms with E-state index in [2.05, 4.69) is 29.8 Å². The molecule has 2 aliphatic heterocycles. The van der Waals surface area contributed by atoms with Crippen LogP contribution in [0.4, 0.5) is 0 Å². The van der Waals surface area contributed by atoms with Crippen molar-refractivity contribution in [1.29, 1.82) is 0 Å². The minimum atomic E-state index is -1.21. The van der Waals surface area contributed by atoms with Crippen molar-refractivity contribution in [3.8, 4) is 11.5 Å². The van der Waals surface area contributed by atoms with Crippen LogP contribution in [0, 0.1) is 5.92 Å². The normalized spacial score (nSPS) is 29.6. The van der Waals surface area contributed by atoms with Crippen LogP contribution in [0.3, 0.4) is 0 Å². The summed E-state index contributed by atoms with van der Waals surface area (Å²) in [5, 5.41) is 8.10. The van der Waals surface area contributed by atoms with E-state index in [-0.39, 0.29) is 35.8 Å². The highest BCUT2D eigenvalue weighted by atomic mass is 16.6. The highest BCUT2D eigenvalue weighted by Gasteiger charge is 2.65. The molecule has 6 atom stereocenters. The van der Waals surface area contributed by atoms with Crippen molar-refractivity contribution in [2.75, 3.05) is 13.6 Å². The predicted octanol–water partition coefficient (Wildman–Crippen LogP) is 0.262. The summed E-state index contributed by atoms with van der Waals surface area (Å²) >= 11 is 0. The van der Waals surface area contributed by atoms with E-state index >= 15 is 0 Å². The fourth-order valence-corrected chi connectivity index (χ4v) is 6.04. The lowest BCUT2D eigenvalue weighted by Gasteiger charge is -2.56. The summed E-state index contributed by atoms with van der Waals surface area (Å²) in [6, 6.07) is 3.11. The van der Waals surface area contributed by atoms with Gasteiger partial charge in [0, 0.05) is 36.8 Å². The predicted molar refractivity (Wildman–Crippen MR) is 126 cm³/mol. The van der Waals surface area contributed by atoms with Crippen molar-refractivity contribution in [2.24, 2.45) is 17.4 Å². The van der Waals surface area contributed by atoms with Crippen molar-refractivity contribution in [3.05, 3.63) is 35.4 Å². The van der Waals surface area contributed by atoms with E-state index in [1.54, 1.807) is 0 Å². The maximum absolute atomic E-state index is 11.7. The zero-order chi connectivity index (χ0) is 26.4. The van der Waals surface area contributed by atoms with Crippen molar-refractivity contribution in [1.82, 2.24) is 4.90 Å². The van der Waals surface area contributed by atoms with E-state index in [4.69, 9.17) is 25.1 Å². The Morgan fingerprint density at radius 3 is 2.53 bits per heavy atom. The summed E-state index contributed by atoms with van der Waals surface area (Å²) in [5.41, 5.74) is 11.7. The van der Waals surface area contributed by atoms with Crippen LogP contribution in [-0.4, -0.2) is 71.7 Å². The zero-order valence-corrected chi connectivity index (χ0v) is 20.4. The highest BCUT2D eigenvalue weighted by Crippen LogP contribution is 2.62. The Labute approximate surface area is 208 Å². The third kappa shape index (κ3) is 4.33. The SMILES string of the molecule is CC(=O)Oc1ccc2c3c1O[C@H]1[C@@H](OC(C)=O)C=C[C@H]4[C@@H](C2)N(C)CC[C@@]341.NC(=O)CC(N)C(=O)O. The van der Waals surface area contributed by atoms with Gasteiger partial charge in [-0.25, -0.2) is 0 Å². The highest BCUT2D eigenvalue weighted by molar-refractivity contribution is 5.83. The third-order valence-electron chi connectivity index (χ3n) is 7.41. The number of carbonyl (C=O) groups is 4. The number of rotatable bonds is 5. The maximum atomic E-state index is 11.7. The molecular weight excluding hydrogens is 470 g/mol. The first-order valence-electron chi connectivity index (χ1n) is 11.8. The molecular formula is C25H31N3O8. The van der Waals surface area contributed by atoms with Gasteiger partial charge in [0.25, 0.3) is 0 Å². The van der Waals surface area contributed by atoms with Gasteiger partial charge in [-0.1, -0.05) is 12.1 Å². The van der Waals surface area contributed by atoms with Crippen LogP contribution in [0.5, 0.6) is 11.5 Å². The van der Waals surface area contributed by atoms with E-state index in [1.807, 2.05) is 12.1 Å². The van der Waals surface area contributed by atoms with Crippen LogP contribution in [-0.2, 0) is 35.8 Å². The topological polar surface area (TPSA) is 171 Å². The molecule has 0 saturated carbocycles. The minimum Gasteiger partial charge on any atom is -0.481 e. The van der Waals surface area contributed by atoms with Crippen molar-refractivity contribution >= 4 is 23.8 Å². The number of nitrogens with zero attached hydrogens (tertiary/aromatic N) is 1. The number of ether oxygens (including phenoxy) is 3. The number of carboxylic acids is 1. The summed E-state index contributed by atoms with van der Waals surface area (Å²) in [7, 11) is 2.17. The monoisotopic (exact) mass is 501 g/mol. The molecule has 1 saturated heterocycles. The Morgan fingerprint density at radius 2 is 1.94 bits per heavy atom. The summed E-state index contributed by atoms with van der Waals surface area (Å²) in [4.78, 5) is 45.6. The van der Waals surface area contributed by atoms with Gasteiger partial charge in [-0.05, 0) is 44.1 Å². The molecule has 2 bridgehead atoms. The molecule has 1 aromatic carbocycles. The number of amides is 1. The fraction of sp³-hybridized carbons (Fsp3) is 0.520. The number of hydrogen-bond acceptors (Lipinski definition) is 9. The number of benzene rings is 1. The lowest BCUT2D eigenvalue weighted by molar-refractivity contribution is -0.152. The number of piperidine rings is 1. The first kappa shape index (κ1) is 25.6. The summed E-state index contributed by atoms with van der Waals surface area (Å²) in [6.07, 6.45) is 5.00. The lowest BCUT2D eigenvalue weighted by Crippen LogP contribution is -2.65. The number of likely N-dealkylation sites (tertiary alicyclic amines) is 1. The lowest BCUT2D eigenvalue weighted by atomic mass is 9.53. The molecule has 5 N–H and O–H groups in total. The Hall–Kier alpha value is -3.44. The van der Waals surface area contributed by atoms with Crippen LogP contribution >= 0.6 is 0 Å². The second-order valence-electron chi connectivity index (χ2n) is 9.70. The van der Waals surface area contributed by atoms with E-state index in [1.165, 1.54) is 19.4 Å². The largest absolute Gasteiger partial charge is 0.481 e. The molecule has 36 heavy (non-hydrogen) atoms. The fourth-order valence-electron chi connectivity index (χ4n) is 6.04. The van der Waals surface area contributed by atoms with Gasteiger partial charge in [0.05, 0.1) is 6.42 Å². The molecule has 194 valence electrons. The van der Waals surface area contributed by atoms with Crippen molar-refractivity contribution in [3.63, 3.8) is 0 Å². The minimum absolute atomic E-state index is 0.245. The van der Waals surface area contributed by atoms with Crippen molar-refractivity contribution < 1.29 is 38.5 Å². The molecule has 4 aliphatic rings. The average molecular weight is 502 g/mol. The summed E-state index contributed by atoms with van der Waals surface area (Å²) in [6.45, 7) is 3.77. The molecule has 5 rings (SSSR count). The Morgan fingerprint density at radius 1 is 1.22 bits per heavy atom. The number of primary amides is 1. The molecule has 1 spiro atoms. The van der Waals surface area contributed by atoms with Gasteiger partial charge in [0.15, 0.2) is 17.6 Å². The first-order chi connectivity index (χ1) is 17.0.